The number of hydrogen-bond donors (Lipinski definition) is 0. The summed E-state index contributed by atoms with van der Waals surface area (Å²) in [5.41, 5.74) is 1.99. The number of rotatable bonds is 4. The summed E-state index contributed by atoms with van der Waals surface area (Å²) in [6.07, 6.45) is 5.37. The number of sulfonamides is 1. The number of aromatic nitrogens is 1. The molecule has 1 aliphatic heterocycles. The van der Waals surface area contributed by atoms with Crippen LogP contribution in [-0.4, -0.2) is 44.0 Å². The van der Waals surface area contributed by atoms with Crippen molar-refractivity contribution >= 4 is 21.0 Å². The summed E-state index contributed by atoms with van der Waals surface area (Å²) in [4.78, 5) is 4.16. The Labute approximate surface area is 152 Å². The van der Waals surface area contributed by atoms with Gasteiger partial charge in [-0.3, -0.25) is 4.98 Å². The molecule has 0 N–H and O–H groups in total. The lowest BCUT2D eigenvalue weighted by atomic mass is 9.97. The third-order valence-corrected chi connectivity index (χ3v) is 6.52. The Hall–Kier alpha value is -2.22. The summed E-state index contributed by atoms with van der Waals surface area (Å²) in [6, 6.07) is 11.1. The second kappa shape index (κ2) is 7.19. The number of pyridine rings is 1. The van der Waals surface area contributed by atoms with E-state index in [4.69, 9.17) is 9.15 Å². The van der Waals surface area contributed by atoms with Crippen molar-refractivity contribution in [2.75, 3.05) is 26.3 Å². The molecule has 0 amide bonds. The number of hydrogen-bond acceptors (Lipinski definition) is 5. The molecule has 1 fully saturated rings. The second-order valence-electron chi connectivity index (χ2n) is 6.45. The summed E-state index contributed by atoms with van der Waals surface area (Å²) in [7, 11) is -3.57. The number of furan rings is 1. The molecule has 7 heteroatoms. The van der Waals surface area contributed by atoms with Crippen LogP contribution in [0.5, 0.6) is 0 Å². The van der Waals surface area contributed by atoms with Gasteiger partial charge in [-0.15, -0.1) is 0 Å². The van der Waals surface area contributed by atoms with E-state index in [1.165, 1.54) is 10.5 Å². The highest BCUT2D eigenvalue weighted by Gasteiger charge is 2.29. The average Bonchev–Trinajstić information content (AvgIpc) is 3.02. The summed E-state index contributed by atoms with van der Waals surface area (Å²) >= 11 is 0. The fraction of sp³-hybridized carbons (Fsp3) is 0.316. The fourth-order valence-electron chi connectivity index (χ4n) is 3.38. The van der Waals surface area contributed by atoms with E-state index < -0.39 is 10.0 Å². The lowest BCUT2D eigenvalue weighted by Crippen LogP contribution is -2.36. The van der Waals surface area contributed by atoms with Crippen molar-refractivity contribution in [3.8, 4) is 0 Å². The monoisotopic (exact) mass is 372 g/mol. The molecule has 4 rings (SSSR count). The Kier molecular flexibility index (Phi) is 4.76. The third-order valence-electron chi connectivity index (χ3n) is 4.67. The quantitative estimate of drug-likeness (QED) is 0.704. The average molecular weight is 372 g/mol. The lowest BCUT2D eigenvalue weighted by molar-refractivity contribution is 0.123. The Morgan fingerprint density at radius 1 is 1.19 bits per heavy atom. The van der Waals surface area contributed by atoms with E-state index in [-0.39, 0.29) is 10.8 Å². The lowest BCUT2D eigenvalue weighted by Gasteiger charge is -2.23. The summed E-state index contributed by atoms with van der Waals surface area (Å²) in [5, 5.41) is 1.07. The molecule has 0 aliphatic carbocycles. The van der Waals surface area contributed by atoms with Crippen LogP contribution in [0.25, 0.3) is 11.0 Å². The van der Waals surface area contributed by atoms with Crippen molar-refractivity contribution in [2.24, 2.45) is 5.92 Å². The van der Waals surface area contributed by atoms with Crippen LogP contribution < -0.4 is 0 Å². The molecule has 1 aromatic carbocycles. The van der Waals surface area contributed by atoms with Gasteiger partial charge in [0.2, 0.25) is 10.0 Å². The van der Waals surface area contributed by atoms with Crippen LogP contribution in [0.3, 0.4) is 0 Å². The molecule has 1 atom stereocenters. The van der Waals surface area contributed by atoms with Gasteiger partial charge in [0.05, 0.1) is 19.5 Å². The van der Waals surface area contributed by atoms with E-state index in [0.717, 1.165) is 23.0 Å². The molecule has 136 valence electrons. The normalized spacial score (nSPS) is 19.5. The summed E-state index contributed by atoms with van der Waals surface area (Å²) in [6.45, 7) is 1.70. The van der Waals surface area contributed by atoms with E-state index in [1.807, 2.05) is 18.2 Å². The summed E-state index contributed by atoms with van der Waals surface area (Å²) in [5.74, 6) is 0.0736. The van der Waals surface area contributed by atoms with Crippen LogP contribution in [0.4, 0.5) is 0 Å². The van der Waals surface area contributed by atoms with Crippen LogP contribution >= 0.6 is 0 Å². The van der Waals surface area contributed by atoms with E-state index in [1.54, 1.807) is 24.6 Å². The van der Waals surface area contributed by atoms with Crippen molar-refractivity contribution in [2.45, 2.75) is 11.3 Å². The molecule has 1 saturated heterocycles. The first-order valence-corrected chi connectivity index (χ1v) is 10.0. The minimum atomic E-state index is -3.57. The van der Waals surface area contributed by atoms with Gasteiger partial charge >= 0.3 is 0 Å². The molecular weight excluding hydrogens is 352 g/mol. The van der Waals surface area contributed by atoms with Gasteiger partial charge in [-0.05, 0) is 36.2 Å². The van der Waals surface area contributed by atoms with Crippen LogP contribution in [0.1, 0.15) is 5.56 Å². The molecular formula is C19H20N2O4S. The standard InChI is InChI=1S/C19H20N2O4S/c22-26(23,17-4-2-7-20-12-17)21-8-10-24-14-15(13-21)11-16-3-1-5-19-18(16)6-9-25-19/h1-7,9,12,15H,8,10-11,13-14H2/t15-/m0/s1. The molecule has 26 heavy (non-hydrogen) atoms. The summed E-state index contributed by atoms with van der Waals surface area (Å²) < 4.78 is 38.5. The number of benzene rings is 1. The minimum Gasteiger partial charge on any atom is -0.464 e. The van der Waals surface area contributed by atoms with Crippen LogP contribution in [0.2, 0.25) is 0 Å². The molecule has 0 spiro atoms. The Balaban J connectivity index is 1.57. The van der Waals surface area contributed by atoms with E-state index >= 15 is 0 Å². The van der Waals surface area contributed by atoms with Gasteiger partial charge in [0.15, 0.2) is 0 Å². The maximum absolute atomic E-state index is 12.9. The highest BCUT2D eigenvalue weighted by Crippen LogP contribution is 2.25. The molecule has 0 radical (unpaired) electrons. The zero-order valence-electron chi connectivity index (χ0n) is 14.2. The first-order chi connectivity index (χ1) is 12.6. The van der Waals surface area contributed by atoms with Crippen LogP contribution in [0, 0.1) is 5.92 Å². The highest BCUT2D eigenvalue weighted by atomic mass is 32.2. The Morgan fingerprint density at radius 3 is 2.96 bits per heavy atom. The number of fused-ring (bicyclic) bond motifs is 1. The first kappa shape index (κ1) is 17.2. The predicted octanol–water partition coefficient (Wildman–Crippen LogP) is 2.71. The molecule has 3 heterocycles. The molecule has 0 unspecified atom stereocenters. The Morgan fingerprint density at radius 2 is 2.12 bits per heavy atom. The molecule has 6 nitrogen and oxygen atoms in total. The minimum absolute atomic E-state index is 0.0736. The highest BCUT2D eigenvalue weighted by molar-refractivity contribution is 7.89. The zero-order valence-corrected chi connectivity index (χ0v) is 15.1. The van der Waals surface area contributed by atoms with Crippen molar-refractivity contribution in [3.63, 3.8) is 0 Å². The van der Waals surface area contributed by atoms with Crippen molar-refractivity contribution < 1.29 is 17.6 Å². The van der Waals surface area contributed by atoms with Crippen molar-refractivity contribution in [1.82, 2.24) is 9.29 Å². The fourth-order valence-corrected chi connectivity index (χ4v) is 4.85. The zero-order chi connectivity index (χ0) is 18.0. The van der Waals surface area contributed by atoms with Gasteiger partial charge in [-0.25, -0.2) is 8.42 Å². The molecule has 3 aromatic rings. The van der Waals surface area contributed by atoms with Gasteiger partial charge in [0.1, 0.15) is 10.5 Å². The van der Waals surface area contributed by atoms with Gasteiger partial charge in [0, 0.05) is 36.8 Å². The molecule has 0 bridgehead atoms. The smallest absolute Gasteiger partial charge is 0.244 e. The molecule has 1 aliphatic rings. The predicted molar refractivity (Wildman–Crippen MR) is 97.2 cm³/mol. The maximum Gasteiger partial charge on any atom is 0.244 e. The first-order valence-electron chi connectivity index (χ1n) is 8.57. The third kappa shape index (κ3) is 3.38. The van der Waals surface area contributed by atoms with Gasteiger partial charge in [-0.2, -0.15) is 4.31 Å². The maximum atomic E-state index is 12.9. The van der Waals surface area contributed by atoms with Gasteiger partial charge in [-0.1, -0.05) is 12.1 Å². The SMILES string of the molecule is O=S(=O)(c1cccnc1)N1CCOC[C@@H](Cc2cccc3occc23)C1. The second-order valence-corrected chi connectivity index (χ2v) is 8.38. The van der Waals surface area contributed by atoms with E-state index in [0.29, 0.717) is 26.3 Å². The van der Waals surface area contributed by atoms with E-state index in [9.17, 15) is 8.42 Å². The van der Waals surface area contributed by atoms with Crippen molar-refractivity contribution in [3.05, 3.63) is 60.6 Å². The van der Waals surface area contributed by atoms with Gasteiger partial charge in [0.25, 0.3) is 0 Å². The van der Waals surface area contributed by atoms with Gasteiger partial charge < -0.3 is 9.15 Å². The van der Waals surface area contributed by atoms with Crippen LogP contribution in [0.15, 0.2) is 64.4 Å². The van der Waals surface area contributed by atoms with Crippen molar-refractivity contribution in [1.29, 1.82) is 0 Å². The molecule has 2 aromatic heterocycles. The van der Waals surface area contributed by atoms with Crippen LogP contribution in [-0.2, 0) is 21.2 Å². The van der Waals surface area contributed by atoms with E-state index in [2.05, 4.69) is 11.1 Å². The number of ether oxygens (including phenoxy) is 1. The number of nitrogens with zero attached hydrogens (tertiary/aromatic N) is 2. The topological polar surface area (TPSA) is 72.6 Å². The molecule has 0 saturated carbocycles. The Bertz CT molecular complexity index is 985. The largest absolute Gasteiger partial charge is 0.464 e.